The lowest BCUT2D eigenvalue weighted by atomic mass is 9.83. The van der Waals surface area contributed by atoms with Gasteiger partial charge in [-0.25, -0.2) is 4.79 Å². The second-order valence-electron chi connectivity index (χ2n) is 7.17. The third-order valence-electron chi connectivity index (χ3n) is 5.26. The zero-order valence-corrected chi connectivity index (χ0v) is 15.2. The van der Waals surface area contributed by atoms with Gasteiger partial charge in [-0.05, 0) is 45.0 Å². The normalized spacial score (nSPS) is 16.8. The van der Waals surface area contributed by atoms with E-state index in [0.29, 0.717) is 18.5 Å². The number of urea groups is 1. The average Bonchev–Trinajstić information content (AvgIpc) is 2.63. The summed E-state index contributed by atoms with van der Waals surface area (Å²) in [7, 11) is 4.22. The number of likely N-dealkylation sites (N-methyl/N-ethyl adjacent to an activating group) is 1. The molecule has 1 aromatic heterocycles. The van der Waals surface area contributed by atoms with E-state index in [-0.39, 0.29) is 6.03 Å². The molecule has 25 heavy (non-hydrogen) atoms. The summed E-state index contributed by atoms with van der Waals surface area (Å²) in [6.07, 6.45) is 10.1. The van der Waals surface area contributed by atoms with Crippen molar-refractivity contribution in [1.29, 1.82) is 0 Å². The number of rotatable bonds is 5. The minimum Gasteiger partial charge on any atom is -0.336 e. The number of hydrogen-bond acceptors (Lipinski definition) is 3. The SMILES string of the molecule is CN(C)C(CNC(=O)Nc1cccc2cnccc12)C1CCCCC1. The lowest BCUT2D eigenvalue weighted by Crippen LogP contribution is -2.46. The van der Waals surface area contributed by atoms with Crippen LogP contribution in [0.5, 0.6) is 0 Å². The van der Waals surface area contributed by atoms with Crippen LogP contribution in [0.3, 0.4) is 0 Å². The molecule has 0 bridgehead atoms. The number of aromatic nitrogens is 1. The van der Waals surface area contributed by atoms with E-state index >= 15 is 0 Å². The van der Waals surface area contributed by atoms with Crippen molar-refractivity contribution in [3.63, 3.8) is 0 Å². The van der Waals surface area contributed by atoms with Crippen molar-refractivity contribution < 1.29 is 4.79 Å². The Kier molecular flexibility index (Phi) is 5.87. The number of fused-ring (bicyclic) bond motifs is 1. The van der Waals surface area contributed by atoms with Gasteiger partial charge in [0.15, 0.2) is 0 Å². The van der Waals surface area contributed by atoms with Gasteiger partial charge in [0, 0.05) is 35.8 Å². The Morgan fingerprint density at radius 1 is 1.24 bits per heavy atom. The number of hydrogen-bond donors (Lipinski definition) is 2. The molecule has 5 nitrogen and oxygen atoms in total. The van der Waals surface area contributed by atoms with Crippen molar-refractivity contribution in [3.05, 3.63) is 36.7 Å². The maximum Gasteiger partial charge on any atom is 0.319 e. The van der Waals surface area contributed by atoms with Crippen LogP contribution < -0.4 is 10.6 Å². The number of carbonyl (C=O) groups excluding carboxylic acids is 1. The maximum atomic E-state index is 12.4. The van der Waals surface area contributed by atoms with E-state index < -0.39 is 0 Å². The molecule has 1 aromatic carbocycles. The van der Waals surface area contributed by atoms with Gasteiger partial charge >= 0.3 is 6.03 Å². The van der Waals surface area contributed by atoms with Crippen molar-refractivity contribution in [2.75, 3.05) is 26.0 Å². The minimum atomic E-state index is -0.146. The summed E-state index contributed by atoms with van der Waals surface area (Å²) in [6, 6.07) is 8.03. The van der Waals surface area contributed by atoms with Crippen LogP contribution in [0.2, 0.25) is 0 Å². The van der Waals surface area contributed by atoms with E-state index in [1.807, 2.05) is 30.5 Å². The second-order valence-corrected chi connectivity index (χ2v) is 7.17. The molecule has 1 saturated carbocycles. The molecular formula is C20H28N4O. The Morgan fingerprint density at radius 3 is 2.80 bits per heavy atom. The molecule has 1 unspecified atom stereocenters. The van der Waals surface area contributed by atoms with E-state index in [0.717, 1.165) is 16.5 Å². The van der Waals surface area contributed by atoms with Gasteiger partial charge in [0.1, 0.15) is 0 Å². The zero-order valence-electron chi connectivity index (χ0n) is 15.2. The first-order chi connectivity index (χ1) is 12.1. The fraction of sp³-hybridized carbons (Fsp3) is 0.500. The van der Waals surface area contributed by atoms with Crippen LogP contribution in [0.15, 0.2) is 36.7 Å². The zero-order chi connectivity index (χ0) is 17.6. The van der Waals surface area contributed by atoms with Gasteiger partial charge in [-0.2, -0.15) is 0 Å². The molecule has 5 heteroatoms. The van der Waals surface area contributed by atoms with Gasteiger partial charge in [-0.1, -0.05) is 31.4 Å². The van der Waals surface area contributed by atoms with Crippen molar-refractivity contribution in [2.45, 2.75) is 38.1 Å². The van der Waals surface area contributed by atoms with Crippen LogP contribution in [-0.4, -0.2) is 42.6 Å². The third-order valence-corrected chi connectivity index (χ3v) is 5.26. The number of nitrogens with zero attached hydrogens (tertiary/aromatic N) is 2. The van der Waals surface area contributed by atoms with Crippen LogP contribution in [0.4, 0.5) is 10.5 Å². The predicted octanol–water partition coefficient (Wildman–Crippen LogP) is 3.87. The first kappa shape index (κ1) is 17.7. The topological polar surface area (TPSA) is 57.3 Å². The summed E-state index contributed by atoms with van der Waals surface area (Å²) in [4.78, 5) is 18.8. The fourth-order valence-electron chi connectivity index (χ4n) is 3.89. The number of benzene rings is 1. The predicted molar refractivity (Wildman–Crippen MR) is 103 cm³/mol. The van der Waals surface area contributed by atoms with E-state index in [1.54, 1.807) is 6.20 Å². The summed E-state index contributed by atoms with van der Waals surface area (Å²) < 4.78 is 0. The molecule has 2 aromatic rings. The van der Waals surface area contributed by atoms with Gasteiger partial charge in [-0.3, -0.25) is 4.98 Å². The molecule has 1 aliphatic carbocycles. The molecular weight excluding hydrogens is 312 g/mol. The number of carbonyl (C=O) groups is 1. The van der Waals surface area contributed by atoms with Crippen LogP contribution in [-0.2, 0) is 0 Å². The first-order valence-corrected chi connectivity index (χ1v) is 9.19. The molecule has 0 radical (unpaired) electrons. The van der Waals surface area contributed by atoms with Gasteiger partial charge in [-0.15, -0.1) is 0 Å². The van der Waals surface area contributed by atoms with Gasteiger partial charge in [0.05, 0.1) is 5.69 Å². The molecule has 1 fully saturated rings. The molecule has 0 aliphatic heterocycles. The third kappa shape index (κ3) is 4.48. The Hall–Kier alpha value is -2.14. The minimum absolute atomic E-state index is 0.146. The van der Waals surface area contributed by atoms with Gasteiger partial charge < -0.3 is 15.5 Å². The average molecular weight is 340 g/mol. The Balaban J connectivity index is 1.61. The van der Waals surface area contributed by atoms with E-state index in [9.17, 15) is 4.79 Å². The lowest BCUT2D eigenvalue weighted by molar-refractivity contribution is 0.167. The number of amides is 2. The highest BCUT2D eigenvalue weighted by molar-refractivity contribution is 6.01. The van der Waals surface area contributed by atoms with Crippen LogP contribution in [0, 0.1) is 5.92 Å². The van der Waals surface area contributed by atoms with Crippen molar-refractivity contribution in [1.82, 2.24) is 15.2 Å². The number of nitrogens with one attached hydrogen (secondary N) is 2. The monoisotopic (exact) mass is 340 g/mol. The molecule has 2 amide bonds. The Bertz CT molecular complexity index is 704. The van der Waals surface area contributed by atoms with E-state index in [1.165, 1.54) is 32.1 Å². The van der Waals surface area contributed by atoms with Gasteiger partial charge in [0.25, 0.3) is 0 Å². The highest BCUT2D eigenvalue weighted by Crippen LogP contribution is 2.28. The lowest BCUT2D eigenvalue weighted by Gasteiger charge is -2.35. The highest BCUT2D eigenvalue weighted by atomic mass is 16.2. The molecule has 1 aliphatic rings. The number of anilines is 1. The van der Waals surface area contributed by atoms with Crippen molar-refractivity contribution in [2.24, 2.45) is 5.92 Å². The van der Waals surface area contributed by atoms with Crippen LogP contribution in [0.25, 0.3) is 10.8 Å². The molecule has 1 heterocycles. The highest BCUT2D eigenvalue weighted by Gasteiger charge is 2.25. The maximum absolute atomic E-state index is 12.4. The van der Waals surface area contributed by atoms with E-state index in [2.05, 4.69) is 34.6 Å². The first-order valence-electron chi connectivity index (χ1n) is 9.19. The smallest absolute Gasteiger partial charge is 0.319 e. The van der Waals surface area contributed by atoms with Gasteiger partial charge in [0.2, 0.25) is 0 Å². The Morgan fingerprint density at radius 2 is 2.04 bits per heavy atom. The quantitative estimate of drug-likeness (QED) is 0.869. The molecule has 0 saturated heterocycles. The number of pyridine rings is 1. The Labute approximate surface area is 149 Å². The molecule has 3 rings (SSSR count). The second kappa shape index (κ2) is 8.30. The van der Waals surface area contributed by atoms with Crippen molar-refractivity contribution in [3.8, 4) is 0 Å². The van der Waals surface area contributed by atoms with E-state index in [4.69, 9.17) is 0 Å². The summed E-state index contributed by atoms with van der Waals surface area (Å²) in [5, 5.41) is 8.08. The summed E-state index contributed by atoms with van der Waals surface area (Å²) in [6.45, 7) is 0.676. The van der Waals surface area contributed by atoms with Crippen molar-refractivity contribution >= 4 is 22.5 Å². The summed E-state index contributed by atoms with van der Waals surface area (Å²) >= 11 is 0. The molecule has 134 valence electrons. The van der Waals surface area contributed by atoms with Crippen LogP contribution >= 0.6 is 0 Å². The standard InChI is InChI=1S/C20H28N4O/c1-24(2)19(15-7-4-3-5-8-15)14-22-20(25)23-18-10-6-9-16-13-21-12-11-17(16)18/h6,9-13,15,19H,3-5,7-8,14H2,1-2H3,(H2,22,23,25). The molecule has 1 atom stereocenters. The summed E-state index contributed by atoms with van der Waals surface area (Å²) in [5.41, 5.74) is 0.816. The molecule has 0 spiro atoms. The fourth-order valence-corrected chi connectivity index (χ4v) is 3.89. The summed E-state index contributed by atoms with van der Waals surface area (Å²) in [5.74, 6) is 0.674. The largest absolute Gasteiger partial charge is 0.336 e. The molecule has 2 N–H and O–H groups in total. The van der Waals surface area contributed by atoms with Crippen LogP contribution in [0.1, 0.15) is 32.1 Å².